The van der Waals surface area contributed by atoms with E-state index in [2.05, 4.69) is 21.2 Å². The fourth-order valence-electron chi connectivity index (χ4n) is 2.47. The molecule has 0 aliphatic carbocycles. The Kier molecular flexibility index (Phi) is 4.30. The van der Waals surface area contributed by atoms with Crippen LogP contribution >= 0.6 is 15.9 Å². The van der Waals surface area contributed by atoms with Crippen molar-refractivity contribution in [3.05, 3.63) is 75.1 Å². The first kappa shape index (κ1) is 15.5. The van der Waals surface area contributed by atoms with Crippen molar-refractivity contribution in [1.29, 1.82) is 0 Å². The Hall–Kier alpha value is -2.40. The number of benzene rings is 2. The van der Waals surface area contributed by atoms with Gasteiger partial charge in [-0.3, -0.25) is 9.59 Å². The highest BCUT2D eigenvalue weighted by atomic mass is 79.9. The van der Waals surface area contributed by atoms with E-state index in [1.807, 2.05) is 49.4 Å². The van der Waals surface area contributed by atoms with E-state index in [0.29, 0.717) is 5.39 Å². The normalized spacial score (nSPS) is 10.7. The van der Waals surface area contributed by atoms with Gasteiger partial charge in [-0.25, -0.2) is 0 Å². The minimum atomic E-state index is -0.229. The number of fused-ring (bicyclic) bond motifs is 1. The molecule has 0 saturated heterocycles. The topological polar surface area (TPSA) is 51.1 Å². The quantitative estimate of drug-likeness (QED) is 0.763. The molecule has 0 saturated carbocycles. The molecule has 3 rings (SSSR count). The van der Waals surface area contributed by atoms with E-state index in [1.165, 1.54) is 4.57 Å². The fourth-order valence-corrected chi connectivity index (χ4v) is 2.94. The van der Waals surface area contributed by atoms with Crippen molar-refractivity contribution in [2.75, 3.05) is 5.32 Å². The Morgan fingerprint density at radius 2 is 1.96 bits per heavy atom. The summed E-state index contributed by atoms with van der Waals surface area (Å²) in [6.07, 6.45) is 1.65. The summed E-state index contributed by atoms with van der Waals surface area (Å²) in [6, 6.07) is 14.8. The summed E-state index contributed by atoms with van der Waals surface area (Å²) in [5, 5.41) is 4.33. The Morgan fingerprint density at radius 3 is 2.74 bits per heavy atom. The maximum absolute atomic E-state index is 12.4. The van der Waals surface area contributed by atoms with Gasteiger partial charge in [-0.2, -0.15) is 0 Å². The second kappa shape index (κ2) is 6.38. The van der Waals surface area contributed by atoms with Crippen LogP contribution in [0.5, 0.6) is 0 Å². The van der Waals surface area contributed by atoms with Crippen molar-refractivity contribution < 1.29 is 4.79 Å². The van der Waals surface area contributed by atoms with Crippen LogP contribution in [0.4, 0.5) is 5.69 Å². The van der Waals surface area contributed by atoms with Gasteiger partial charge in [0.1, 0.15) is 6.54 Å². The SMILES string of the molecule is Cc1cc(Br)ccc1NC(=O)Cn1ccc2ccccc2c1=O. The van der Waals surface area contributed by atoms with Crippen LogP contribution in [0.15, 0.2) is 64.0 Å². The fraction of sp³-hybridized carbons (Fsp3) is 0.111. The molecule has 116 valence electrons. The Bertz CT molecular complexity index is 947. The molecule has 23 heavy (non-hydrogen) atoms. The number of aryl methyl sites for hydroxylation is 1. The highest BCUT2D eigenvalue weighted by Gasteiger charge is 2.08. The number of carbonyl (C=O) groups excluding carboxylic acids is 1. The number of halogens is 1. The lowest BCUT2D eigenvalue weighted by atomic mass is 10.2. The number of rotatable bonds is 3. The standard InChI is InChI=1S/C18H15BrN2O2/c1-12-10-14(19)6-7-16(12)20-17(22)11-21-9-8-13-4-2-3-5-15(13)18(21)23/h2-10H,11H2,1H3,(H,20,22). The monoisotopic (exact) mass is 370 g/mol. The molecule has 1 aromatic heterocycles. The number of nitrogens with zero attached hydrogens (tertiary/aromatic N) is 1. The van der Waals surface area contributed by atoms with Gasteiger partial charge in [0.2, 0.25) is 5.91 Å². The zero-order valence-electron chi connectivity index (χ0n) is 12.5. The largest absolute Gasteiger partial charge is 0.324 e. The van der Waals surface area contributed by atoms with Crippen LogP contribution in [0.2, 0.25) is 0 Å². The second-order valence-corrected chi connectivity index (χ2v) is 6.26. The molecule has 0 bridgehead atoms. The highest BCUT2D eigenvalue weighted by molar-refractivity contribution is 9.10. The average Bonchev–Trinajstić information content (AvgIpc) is 2.53. The molecule has 0 radical (unpaired) electrons. The van der Waals surface area contributed by atoms with Crippen LogP contribution in [-0.4, -0.2) is 10.5 Å². The van der Waals surface area contributed by atoms with Crippen LogP contribution in [-0.2, 0) is 11.3 Å². The van der Waals surface area contributed by atoms with E-state index in [-0.39, 0.29) is 18.0 Å². The number of hydrogen-bond donors (Lipinski definition) is 1. The Balaban J connectivity index is 1.83. The van der Waals surface area contributed by atoms with Gasteiger partial charge < -0.3 is 9.88 Å². The summed E-state index contributed by atoms with van der Waals surface area (Å²) in [5.41, 5.74) is 1.54. The van der Waals surface area contributed by atoms with Gasteiger partial charge >= 0.3 is 0 Å². The average molecular weight is 371 g/mol. The lowest BCUT2D eigenvalue weighted by molar-refractivity contribution is -0.116. The van der Waals surface area contributed by atoms with Gasteiger partial charge in [-0.1, -0.05) is 34.1 Å². The molecule has 0 unspecified atom stereocenters. The van der Waals surface area contributed by atoms with Gasteiger partial charge in [-0.05, 0) is 48.2 Å². The van der Waals surface area contributed by atoms with E-state index < -0.39 is 0 Å². The number of aromatic nitrogens is 1. The molecule has 0 atom stereocenters. The van der Waals surface area contributed by atoms with Crippen molar-refractivity contribution in [1.82, 2.24) is 4.57 Å². The molecule has 5 heteroatoms. The van der Waals surface area contributed by atoms with Crippen molar-refractivity contribution in [3.63, 3.8) is 0 Å². The van der Waals surface area contributed by atoms with Crippen LogP contribution in [0, 0.1) is 6.92 Å². The second-order valence-electron chi connectivity index (χ2n) is 5.34. The van der Waals surface area contributed by atoms with Crippen LogP contribution in [0.25, 0.3) is 10.8 Å². The minimum absolute atomic E-state index is 0.0147. The summed E-state index contributed by atoms with van der Waals surface area (Å²) in [4.78, 5) is 24.6. The van der Waals surface area contributed by atoms with E-state index >= 15 is 0 Å². The number of hydrogen-bond acceptors (Lipinski definition) is 2. The van der Waals surface area contributed by atoms with Crippen LogP contribution < -0.4 is 10.9 Å². The number of pyridine rings is 1. The zero-order valence-corrected chi connectivity index (χ0v) is 14.1. The molecule has 0 fully saturated rings. The third-order valence-corrected chi connectivity index (χ3v) is 4.16. The van der Waals surface area contributed by atoms with Crippen LogP contribution in [0.3, 0.4) is 0 Å². The predicted molar refractivity (Wildman–Crippen MR) is 95.7 cm³/mol. The summed E-state index contributed by atoms with van der Waals surface area (Å²) >= 11 is 3.39. The first-order valence-corrected chi connectivity index (χ1v) is 7.98. The maximum Gasteiger partial charge on any atom is 0.258 e. The lowest BCUT2D eigenvalue weighted by Crippen LogP contribution is -2.27. The molecule has 1 N–H and O–H groups in total. The molecule has 4 nitrogen and oxygen atoms in total. The van der Waals surface area contributed by atoms with Gasteiger partial charge in [-0.15, -0.1) is 0 Å². The highest BCUT2D eigenvalue weighted by Crippen LogP contribution is 2.20. The first-order valence-electron chi connectivity index (χ1n) is 7.19. The maximum atomic E-state index is 12.4. The van der Waals surface area contributed by atoms with Crippen LogP contribution in [0.1, 0.15) is 5.56 Å². The summed E-state index contributed by atoms with van der Waals surface area (Å²) < 4.78 is 2.38. The first-order chi connectivity index (χ1) is 11.0. The van der Waals surface area contributed by atoms with Crippen molar-refractivity contribution in [2.24, 2.45) is 0 Å². The van der Waals surface area contributed by atoms with E-state index in [4.69, 9.17) is 0 Å². The van der Waals surface area contributed by atoms with E-state index in [9.17, 15) is 9.59 Å². The van der Waals surface area contributed by atoms with Crippen molar-refractivity contribution in [2.45, 2.75) is 13.5 Å². The Morgan fingerprint density at radius 1 is 1.17 bits per heavy atom. The third kappa shape index (κ3) is 3.35. The summed E-state index contributed by atoms with van der Waals surface area (Å²) in [5.74, 6) is -0.229. The molecular weight excluding hydrogens is 356 g/mol. The van der Waals surface area contributed by atoms with E-state index in [1.54, 1.807) is 12.3 Å². The minimum Gasteiger partial charge on any atom is -0.324 e. The van der Waals surface area contributed by atoms with Gasteiger partial charge in [0.15, 0.2) is 0 Å². The predicted octanol–water partition coefficient (Wildman–Crippen LogP) is 3.71. The molecule has 1 heterocycles. The molecular formula is C18H15BrN2O2. The van der Waals surface area contributed by atoms with Gasteiger partial charge in [0.05, 0.1) is 0 Å². The smallest absolute Gasteiger partial charge is 0.258 e. The molecule has 1 amide bonds. The molecule has 0 aliphatic rings. The molecule has 2 aromatic carbocycles. The molecule has 0 aliphatic heterocycles. The van der Waals surface area contributed by atoms with Crippen molar-refractivity contribution >= 4 is 38.3 Å². The number of nitrogens with one attached hydrogen (secondary N) is 1. The van der Waals surface area contributed by atoms with Crippen molar-refractivity contribution in [3.8, 4) is 0 Å². The lowest BCUT2D eigenvalue weighted by Gasteiger charge is -2.10. The number of anilines is 1. The third-order valence-electron chi connectivity index (χ3n) is 3.66. The molecule has 3 aromatic rings. The number of amides is 1. The van der Waals surface area contributed by atoms with E-state index in [0.717, 1.165) is 21.1 Å². The zero-order chi connectivity index (χ0) is 16.4. The molecule has 0 spiro atoms. The van der Waals surface area contributed by atoms with Gasteiger partial charge in [0.25, 0.3) is 5.56 Å². The van der Waals surface area contributed by atoms with Gasteiger partial charge in [0, 0.05) is 21.7 Å². The summed E-state index contributed by atoms with van der Waals surface area (Å²) in [7, 11) is 0. The summed E-state index contributed by atoms with van der Waals surface area (Å²) in [6.45, 7) is 1.90. The Labute approximate surface area is 141 Å². The number of carbonyl (C=O) groups is 1.